The van der Waals surface area contributed by atoms with Gasteiger partial charge in [0.1, 0.15) is 0 Å². The zero-order valence-corrected chi connectivity index (χ0v) is 18.3. The summed E-state index contributed by atoms with van der Waals surface area (Å²) >= 11 is 0. The van der Waals surface area contributed by atoms with Gasteiger partial charge in [0.2, 0.25) is 0 Å². The zero-order valence-electron chi connectivity index (χ0n) is 18.3. The van der Waals surface area contributed by atoms with Crippen molar-refractivity contribution in [2.45, 2.75) is 13.0 Å². The molecule has 0 unspecified atom stereocenters. The van der Waals surface area contributed by atoms with Crippen molar-refractivity contribution >= 4 is 5.97 Å². The third kappa shape index (κ3) is 5.35. The molecule has 2 aliphatic rings. The molecule has 0 bridgehead atoms. The highest BCUT2D eigenvalue weighted by atomic mass is 16.5. The lowest BCUT2D eigenvalue weighted by molar-refractivity contribution is 0.0600. The van der Waals surface area contributed by atoms with Crippen LogP contribution in [0.3, 0.4) is 0 Å². The normalized spacial score (nSPS) is 17.0. The average Bonchev–Trinajstić information content (AvgIpc) is 2.79. The minimum absolute atomic E-state index is 0.295. The molecule has 0 fully saturated rings. The Bertz CT molecular complexity index is 1000. The molecule has 0 saturated heterocycles. The number of carbonyl (C=O) groups excluding carboxylic acids is 1. The van der Waals surface area contributed by atoms with Crippen LogP contribution in [0.5, 0.6) is 0 Å². The summed E-state index contributed by atoms with van der Waals surface area (Å²) in [6.45, 7) is 5.58. The maximum atomic E-state index is 11.6. The van der Waals surface area contributed by atoms with E-state index in [2.05, 4.69) is 45.7 Å². The maximum absolute atomic E-state index is 11.6. The molecule has 0 aromatic heterocycles. The van der Waals surface area contributed by atoms with Crippen LogP contribution in [0, 0.1) is 11.8 Å². The fraction of sp³-hybridized carbons (Fsp3) is 0.346. The first-order valence-electron chi connectivity index (χ1n) is 10.7. The van der Waals surface area contributed by atoms with Gasteiger partial charge in [0, 0.05) is 50.9 Å². The molecule has 0 spiro atoms. The highest BCUT2D eigenvalue weighted by molar-refractivity contribution is 5.89. The zero-order chi connectivity index (χ0) is 21.6. The van der Waals surface area contributed by atoms with Gasteiger partial charge in [0.15, 0.2) is 0 Å². The van der Waals surface area contributed by atoms with Crippen molar-refractivity contribution in [3.63, 3.8) is 0 Å². The van der Waals surface area contributed by atoms with Crippen molar-refractivity contribution < 1.29 is 9.53 Å². The van der Waals surface area contributed by atoms with Crippen LogP contribution < -0.4 is 0 Å². The predicted octanol–water partition coefficient (Wildman–Crippen LogP) is 3.19. The Hall–Kier alpha value is -3.07. The number of hydrogen-bond acceptors (Lipinski definition) is 5. The number of hydrogen-bond donors (Lipinski definition) is 0. The first kappa shape index (κ1) is 21.2. The molecule has 160 valence electrons. The van der Waals surface area contributed by atoms with Gasteiger partial charge in [0.05, 0.1) is 25.9 Å². The first-order valence-corrected chi connectivity index (χ1v) is 10.7. The van der Waals surface area contributed by atoms with Crippen molar-refractivity contribution in [2.24, 2.45) is 0 Å². The number of rotatable bonds is 4. The summed E-state index contributed by atoms with van der Waals surface area (Å²) < 4.78 is 4.79. The summed E-state index contributed by atoms with van der Waals surface area (Å²) in [5.41, 5.74) is 5.84. The van der Waals surface area contributed by atoms with E-state index in [9.17, 15) is 4.79 Å². The van der Waals surface area contributed by atoms with Crippen molar-refractivity contribution in [2.75, 3.05) is 47.0 Å². The van der Waals surface area contributed by atoms with E-state index in [4.69, 9.17) is 4.74 Å². The molecule has 0 atom stereocenters. The Kier molecular flexibility index (Phi) is 6.71. The van der Waals surface area contributed by atoms with Gasteiger partial charge in [-0.1, -0.05) is 42.2 Å². The number of esters is 1. The standard InChI is InChI=1S/C26H29N3O2/c1-27-20-29(17-22-10-12-23(13-11-22)26(30)31-2)19-24-18-28(16-14-25(24)27)15-6-9-21-7-4-3-5-8-21/h3-5,7-8,10-13H,14-20H2,1-2H3. The van der Waals surface area contributed by atoms with Crippen LogP contribution in [-0.2, 0) is 11.3 Å². The minimum atomic E-state index is -0.295. The Labute approximate surface area is 184 Å². The summed E-state index contributed by atoms with van der Waals surface area (Å²) in [6.07, 6.45) is 1.08. The Morgan fingerprint density at radius 1 is 1.03 bits per heavy atom. The van der Waals surface area contributed by atoms with E-state index >= 15 is 0 Å². The minimum Gasteiger partial charge on any atom is -0.465 e. The van der Waals surface area contributed by atoms with Gasteiger partial charge < -0.3 is 9.64 Å². The van der Waals surface area contributed by atoms with E-state index in [0.717, 1.165) is 51.4 Å². The molecule has 2 heterocycles. The van der Waals surface area contributed by atoms with Crippen molar-refractivity contribution in [3.05, 3.63) is 82.6 Å². The Balaban J connectivity index is 1.36. The Morgan fingerprint density at radius 3 is 2.52 bits per heavy atom. The van der Waals surface area contributed by atoms with Gasteiger partial charge in [-0.15, -0.1) is 0 Å². The number of nitrogens with zero attached hydrogens (tertiary/aromatic N) is 3. The summed E-state index contributed by atoms with van der Waals surface area (Å²) in [6, 6.07) is 17.9. The van der Waals surface area contributed by atoms with Gasteiger partial charge in [-0.2, -0.15) is 0 Å². The first-order chi connectivity index (χ1) is 15.1. The third-order valence-corrected chi connectivity index (χ3v) is 5.87. The molecule has 4 rings (SSSR count). The van der Waals surface area contributed by atoms with Crippen LogP contribution >= 0.6 is 0 Å². The lowest BCUT2D eigenvalue weighted by atomic mass is 10.0. The summed E-state index contributed by atoms with van der Waals surface area (Å²) in [5.74, 6) is 6.31. The lowest BCUT2D eigenvalue weighted by Gasteiger charge is -2.42. The highest BCUT2D eigenvalue weighted by Gasteiger charge is 2.27. The van der Waals surface area contributed by atoms with E-state index in [1.165, 1.54) is 23.9 Å². The van der Waals surface area contributed by atoms with Gasteiger partial charge >= 0.3 is 5.97 Å². The molecule has 5 nitrogen and oxygen atoms in total. The molecule has 0 saturated carbocycles. The number of benzene rings is 2. The SMILES string of the molecule is COC(=O)c1ccc(CN2CC3=C(CCN(CC#Cc4ccccc4)C3)N(C)C2)cc1. The van der Waals surface area contributed by atoms with Gasteiger partial charge in [-0.25, -0.2) is 4.79 Å². The largest absolute Gasteiger partial charge is 0.465 e. The molecular weight excluding hydrogens is 386 g/mol. The second kappa shape index (κ2) is 9.82. The molecule has 0 amide bonds. The number of ether oxygens (including phenoxy) is 1. The molecule has 2 aromatic carbocycles. The topological polar surface area (TPSA) is 36.0 Å². The van der Waals surface area contributed by atoms with E-state index in [1.54, 1.807) is 0 Å². The van der Waals surface area contributed by atoms with E-state index in [0.29, 0.717) is 5.56 Å². The van der Waals surface area contributed by atoms with Crippen LogP contribution in [0.1, 0.15) is 27.9 Å². The monoisotopic (exact) mass is 415 g/mol. The molecule has 0 radical (unpaired) electrons. The maximum Gasteiger partial charge on any atom is 0.337 e. The van der Waals surface area contributed by atoms with Crippen LogP contribution in [0.15, 0.2) is 65.9 Å². The van der Waals surface area contributed by atoms with Gasteiger partial charge in [-0.05, 0) is 35.4 Å². The smallest absolute Gasteiger partial charge is 0.337 e. The predicted molar refractivity (Wildman–Crippen MR) is 122 cm³/mol. The fourth-order valence-corrected chi connectivity index (χ4v) is 4.33. The second-order valence-corrected chi connectivity index (χ2v) is 8.19. The van der Waals surface area contributed by atoms with Crippen molar-refractivity contribution in [1.29, 1.82) is 0 Å². The van der Waals surface area contributed by atoms with Gasteiger partial charge in [0.25, 0.3) is 0 Å². The van der Waals surface area contributed by atoms with E-state index < -0.39 is 0 Å². The van der Waals surface area contributed by atoms with Crippen LogP contribution in [-0.4, -0.2) is 67.7 Å². The molecule has 5 heteroatoms. The molecule has 0 N–H and O–H groups in total. The quantitative estimate of drug-likeness (QED) is 0.566. The average molecular weight is 416 g/mol. The van der Waals surface area contributed by atoms with Crippen molar-refractivity contribution in [1.82, 2.24) is 14.7 Å². The fourth-order valence-electron chi connectivity index (χ4n) is 4.33. The third-order valence-electron chi connectivity index (χ3n) is 5.87. The van der Waals surface area contributed by atoms with Crippen LogP contribution in [0.25, 0.3) is 0 Å². The summed E-state index contributed by atoms with van der Waals surface area (Å²) in [5, 5.41) is 0. The number of methoxy groups -OCH3 is 1. The highest BCUT2D eigenvalue weighted by Crippen LogP contribution is 2.26. The van der Waals surface area contributed by atoms with Crippen molar-refractivity contribution in [3.8, 4) is 11.8 Å². The summed E-state index contributed by atoms with van der Waals surface area (Å²) in [7, 11) is 3.60. The molecule has 2 aliphatic heterocycles. The number of carbonyl (C=O) groups is 1. The Morgan fingerprint density at radius 2 is 1.77 bits per heavy atom. The van der Waals surface area contributed by atoms with Gasteiger partial charge in [-0.3, -0.25) is 9.80 Å². The molecule has 2 aromatic rings. The molecule has 0 aliphatic carbocycles. The molecular formula is C26H29N3O2. The second-order valence-electron chi connectivity index (χ2n) is 8.19. The molecule has 31 heavy (non-hydrogen) atoms. The van der Waals surface area contributed by atoms with E-state index in [-0.39, 0.29) is 5.97 Å². The van der Waals surface area contributed by atoms with Crippen LogP contribution in [0.2, 0.25) is 0 Å². The van der Waals surface area contributed by atoms with Crippen LogP contribution in [0.4, 0.5) is 0 Å². The summed E-state index contributed by atoms with van der Waals surface area (Å²) in [4.78, 5) is 18.9. The van der Waals surface area contributed by atoms with E-state index in [1.807, 2.05) is 42.5 Å². The lowest BCUT2D eigenvalue weighted by Crippen LogP contribution is -2.47.